The smallest absolute Gasteiger partial charge is 0.319 e. The number of anilines is 1. The lowest BCUT2D eigenvalue weighted by Gasteiger charge is -2.11. The van der Waals surface area contributed by atoms with Crippen molar-refractivity contribution < 1.29 is 19.1 Å². The van der Waals surface area contributed by atoms with Crippen LogP contribution in [0.15, 0.2) is 59.5 Å². The second-order valence-corrected chi connectivity index (χ2v) is 6.78. The van der Waals surface area contributed by atoms with Crippen molar-refractivity contribution in [3.05, 3.63) is 60.2 Å². The molecule has 0 aromatic heterocycles. The molecule has 0 fully saturated rings. The maximum Gasteiger partial charge on any atom is 0.319 e. The average molecular weight is 357 g/mol. The Labute approximate surface area is 150 Å². The number of esters is 1. The Morgan fingerprint density at radius 1 is 1.04 bits per heavy atom. The highest BCUT2D eigenvalue weighted by molar-refractivity contribution is 8.00. The molecule has 2 aromatic rings. The van der Waals surface area contributed by atoms with Gasteiger partial charge >= 0.3 is 5.97 Å². The number of rotatable bonds is 7. The zero-order valence-electron chi connectivity index (χ0n) is 14.0. The molecule has 0 spiro atoms. The van der Waals surface area contributed by atoms with Crippen LogP contribution in [0.25, 0.3) is 0 Å². The Morgan fingerprint density at radius 3 is 2.28 bits per heavy atom. The van der Waals surface area contributed by atoms with Gasteiger partial charge in [-0.25, -0.2) is 0 Å². The van der Waals surface area contributed by atoms with Crippen LogP contribution in [0.5, 0.6) is 0 Å². The number of ether oxygens (including phenoxy) is 1. The average Bonchev–Trinajstić information content (AvgIpc) is 2.61. The molecule has 0 heterocycles. The number of benzene rings is 2. The number of thioether (sulfide) groups is 1. The molecule has 0 aliphatic rings. The third-order valence-corrected chi connectivity index (χ3v) is 4.40. The summed E-state index contributed by atoms with van der Waals surface area (Å²) >= 11 is 1.37. The number of ketones is 1. The fraction of sp³-hybridized carbons (Fsp3) is 0.211. The summed E-state index contributed by atoms with van der Waals surface area (Å²) in [4.78, 5) is 36.0. The minimum absolute atomic E-state index is 0.0447. The van der Waals surface area contributed by atoms with Crippen LogP contribution in [-0.4, -0.2) is 29.5 Å². The van der Waals surface area contributed by atoms with Crippen LogP contribution in [-0.2, 0) is 14.3 Å². The van der Waals surface area contributed by atoms with Crippen molar-refractivity contribution in [2.24, 2.45) is 0 Å². The zero-order valence-corrected chi connectivity index (χ0v) is 14.8. The molecule has 0 aliphatic carbocycles. The second-order valence-electron chi connectivity index (χ2n) is 5.36. The fourth-order valence-corrected chi connectivity index (χ4v) is 2.88. The Morgan fingerprint density at radius 2 is 1.68 bits per heavy atom. The molecular weight excluding hydrogens is 338 g/mol. The van der Waals surface area contributed by atoms with E-state index < -0.39 is 17.1 Å². The topological polar surface area (TPSA) is 72.5 Å². The lowest BCUT2D eigenvalue weighted by atomic mass is 10.1. The van der Waals surface area contributed by atoms with Gasteiger partial charge in [0.15, 0.2) is 12.4 Å². The predicted molar refractivity (Wildman–Crippen MR) is 97.8 cm³/mol. The van der Waals surface area contributed by atoms with Gasteiger partial charge in [0, 0.05) is 16.1 Å². The monoisotopic (exact) mass is 357 g/mol. The summed E-state index contributed by atoms with van der Waals surface area (Å²) in [5.74, 6) is -0.923. The van der Waals surface area contributed by atoms with E-state index in [1.54, 1.807) is 31.2 Å². The van der Waals surface area contributed by atoms with E-state index in [9.17, 15) is 14.4 Å². The summed E-state index contributed by atoms with van der Waals surface area (Å²) in [5, 5.41) is 2.21. The second kappa shape index (κ2) is 9.03. The maximum atomic E-state index is 12.0. The van der Waals surface area contributed by atoms with Gasteiger partial charge in [-0.3, -0.25) is 14.4 Å². The van der Waals surface area contributed by atoms with E-state index in [0.717, 1.165) is 4.90 Å². The van der Waals surface area contributed by atoms with Crippen LogP contribution >= 0.6 is 11.8 Å². The summed E-state index contributed by atoms with van der Waals surface area (Å²) in [6, 6.07) is 16.0. The molecule has 1 atom stereocenters. The van der Waals surface area contributed by atoms with Gasteiger partial charge in [-0.1, -0.05) is 18.2 Å². The Kier molecular flexibility index (Phi) is 6.77. The summed E-state index contributed by atoms with van der Waals surface area (Å²) in [6.45, 7) is 2.85. The number of nitrogens with one attached hydrogen (secondary N) is 1. The number of hydrogen-bond acceptors (Lipinski definition) is 5. The Bertz CT molecular complexity index is 744. The van der Waals surface area contributed by atoms with E-state index in [1.807, 2.05) is 30.3 Å². The van der Waals surface area contributed by atoms with E-state index in [2.05, 4.69) is 5.32 Å². The van der Waals surface area contributed by atoms with Gasteiger partial charge in [-0.2, -0.15) is 0 Å². The molecule has 0 unspecified atom stereocenters. The first-order chi connectivity index (χ1) is 12.0. The molecule has 0 aliphatic heterocycles. The fourth-order valence-electron chi connectivity index (χ4n) is 1.99. The van der Waals surface area contributed by atoms with Crippen LogP contribution < -0.4 is 5.32 Å². The number of carbonyl (C=O) groups is 3. The first kappa shape index (κ1) is 18.7. The molecule has 1 amide bonds. The van der Waals surface area contributed by atoms with Crippen molar-refractivity contribution in [2.75, 3.05) is 11.9 Å². The van der Waals surface area contributed by atoms with Crippen LogP contribution in [0.4, 0.5) is 5.69 Å². The van der Waals surface area contributed by atoms with Gasteiger partial charge in [0.25, 0.3) is 5.91 Å². The molecule has 5 nitrogen and oxygen atoms in total. The Balaban J connectivity index is 1.78. The van der Waals surface area contributed by atoms with E-state index in [4.69, 9.17) is 4.74 Å². The third kappa shape index (κ3) is 6.08. The Hall–Kier alpha value is -2.60. The molecule has 0 saturated carbocycles. The van der Waals surface area contributed by atoms with Crippen molar-refractivity contribution in [1.82, 2.24) is 0 Å². The van der Waals surface area contributed by atoms with Crippen LogP contribution in [0.3, 0.4) is 0 Å². The maximum absolute atomic E-state index is 12.0. The molecule has 25 heavy (non-hydrogen) atoms. The lowest BCUT2D eigenvalue weighted by Crippen LogP contribution is -2.24. The number of carbonyl (C=O) groups excluding carboxylic acids is 3. The predicted octanol–water partition coefficient (Wildman–Crippen LogP) is 3.55. The van der Waals surface area contributed by atoms with Crippen molar-refractivity contribution in [3.8, 4) is 0 Å². The summed E-state index contributed by atoms with van der Waals surface area (Å²) in [5.41, 5.74) is 1.11. The van der Waals surface area contributed by atoms with Gasteiger partial charge in [0.05, 0.1) is 0 Å². The molecule has 0 radical (unpaired) electrons. The number of amides is 1. The standard InChI is InChI=1S/C19H19NO4S/c1-13(21)15-8-10-16(11-9-15)20-18(22)12-24-19(23)14(2)25-17-6-4-3-5-7-17/h3-11,14H,12H2,1-2H3,(H,20,22)/t14-/m1/s1. The van der Waals surface area contributed by atoms with Gasteiger partial charge in [0.1, 0.15) is 5.25 Å². The van der Waals surface area contributed by atoms with E-state index in [-0.39, 0.29) is 12.4 Å². The van der Waals surface area contributed by atoms with Gasteiger partial charge in [0.2, 0.25) is 0 Å². The van der Waals surface area contributed by atoms with Gasteiger partial charge in [-0.05, 0) is 50.2 Å². The minimum Gasteiger partial charge on any atom is -0.455 e. The SMILES string of the molecule is CC(=O)c1ccc(NC(=O)COC(=O)[C@@H](C)Sc2ccccc2)cc1. The first-order valence-electron chi connectivity index (χ1n) is 7.75. The largest absolute Gasteiger partial charge is 0.455 e. The van der Waals surface area contributed by atoms with Crippen molar-refractivity contribution >= 4 is 35.1 Å². The van der Waals surface area contributed by atoms with E-state index in [0.29, 0.717) is 11.3 Å². The summed E-state index contributed by atoms with van der Waals surface area (Å²) in [6.07, 6.45) is 0. The van der Waals surface area contributed by atoms with Crippen LogP contribution in [0.1, 0.15) is 24.2 Å². The highest BCUT2D eigenvalue weighted by atomic mass is 32.2. The van der Waals surface area contributed by atoms with Gasteiger partial charge < -0.3 is 10.1 Å². The van der Waals surface area contributed by atoms with E-state index >= 15 is 0 Å². The van der Waals surface area contributed by atoms with Crippen molar-refractivity contribution in [2.45, 2.75) is 24.0 Å². The first-order valence-corrected chi connectivity index (χ1v) is 8.63. The van der Waals surface area contributed by atoms with Crippen LogP contribution in [0.2, 0.25) is 0 Å². The number of hydrogen-bond donors (Lipinski definition) is 1. The third-order valence-electron chi connectivity index (χ3n) is 3.31. The molecule has 2 aromatic carbocycles. The van der Waals surface area contributed by atoms with Crippen LogP contribution in [0, 0.1) is 0 Å². The zero-order chi connectivity index (χ0) is 18.2. The highest BCUT2D eigenvalue weighted by Crippen LogP contribution is 2.23. The summed E-state index contributed by atoms with van der Waals surface area (Å²) in [7, 11) is 0. The molecule has 0 bridgehead atoms. The highest BCUT2D eigenvalue weighted by Gasteiger charge is 2.17. The minimum atomic E-state index is -0.448. The normalized spacial score (nSPS) is 11.4. The van der Waals surface area contributed by atoms with Gasteiger partial charge in [-0.15, -0.1) is 11.8 Å². The van der Waals surface area contributed by atoms with E-state index in [1.165, 1.54) is 18.7 Å². The quantitative estimate of drug-likeness (QED) is 0.466. The summed E-state index contributed by atoms with van der Waals surface area (Å²) < 4.78 is 5.05. The molecule has 2 rings (SSSR count). The lowest BCUT2D eigenvalue weighted by molar-refractivity contribution is -0.146. The number of Topliss-reactive ketones (excluding diaryl/α,β-unsaturated/α-hetero) is 1. The van der Waals surface area contributed by atoms with Crippen molar-refractivity contribution in [1.29, 1.82) is 0 Å². The van der Waals surface area contributed by atoms with Crippen molar-refractivity contribution in [3.63, 3.8) is 0 Å². The molecule has 6 heteroatoms. The molecule has 130 valence electrons. The molecule has 0 saturated heterocycles. The molecule has 1 N–H and O–H groups in total. The molecular formula is C19H19NO4S.